The van der Waals surface area contributed by atoms with Gasteiger partial charge in [-0.3, -0.25) is 9.48 Å². The van der Waals surface area contributed by atoms with Crippen LogP contribution in [0.5, 0.6) is 0 Å². The van der Waals surface area contributed by atoms with E-state index in [0.29, 0.717) is 18.7 Å². The number of nitrogens with zero attached hydrogens (tertiary/aromatic N) is 3. The summed E-state index contributed by atoms with van der Waals surface area (Å²) in [7, 11) is 1.44. The molecule has 0 bridgehead atoms. The largest absolute Gasteiger partial charge is 0.435 e. The van der Waals surface area contributed by atoms with Gasteiger partial charge in [0.2, 0.25) is 0 Å². The van der Waals surface area contributed by atoms with E-state index in [-0.39, 0.29) is 11.5 Å². The van der Waals surface area contributed by atoms with Gasteiger partial charge >= 0.3 is 6.18 Å². The number of carbonyl (C=O) groups is 1. The van der Waals surface area contributed by atoms with Gasteiger partial charge in [-0.1, -0.05) is 18.9 Å². The number of halogens is 4. The minimum absolute atomic E-state index is 0.190. The minimum Gasteiger partial charge on any atom is -0.330 e. The van der Waals surface area contributed by atoms with E-state index in [1.54, 1.807) is 4.90 Å². The molecule has 0 N–H and O–H groups in total. The van der Waals surface area contributed by atoms with Crippen LogP contribution in [0.4, 0.5) is 17.6 Å². The number of rotatable bonds is 2. The second-order valence-corrected chi connectivity index (χ2v) is 6.45. The highest BCUT2D eigenvalue weighted by atomic mass is 19.4. The first kappa shape index (κ1) is 18.4. The quantitative estimate of drug-likeness (QED) is 0.739. The molecule has 0 aliphatic carbocycles. The molecule has 1 aromatic carbocycles. The Morgan fingerprint density at radius 1 is 1.19 bits per heavy atom. The number of aryl methyl sites for hydroxylation is 1. The number of hydrogen-bond donors (Lipinski definition) is 0. The molecule has 1 amide bonds. The van der Waals surface area contributed by atoms with Crippen LogP contribution < -0.4 is 0 Å². The third-order valence-electron chi connectivity index (χ3n) is 4.63. The summed E-state index contributed by atoms with van der Waals surface area (Å²) in [5.74, 6) is -0.909. The van der Waals surface area contributed by atoms with Crippen molar-refractivity contribution in [1.29, 1.82) is 0 Å². The van der Waals surface area contributed by atoms with Crippen LogP contribution in [-0.4, -0.2) is 27.1 Å². The summed E-state index contributed by atoms with van der Waals surface area (Å²) in [6, 6.07) is 5.82. The van der Waals surface area contributed by atoms with Crippen molar-refractivity contribution < 1.29 is 22.4 Å². The first-order valence-electron chi connectivity index (χ1n) is 8.45. The maximum atomic E-state index is 13.5. The molecule has 1 saturated heterocycles. The van der Waals surface area contributed by atoms with Crippen LogP contribution in [0.25, 0.3) is 0 Å². The van der Waals surface area contributed by atoms with Crippen LogP contribution in [-0.2, 0) is 13.2 Å². The summed E-state index contributed by atoms with van der Waals surface area (Å²) in [6.45, 7) is 0.409. The lowest BCUT2D eigenvalue weighted by Gasteiger charge is -2.30. The van der Waals surface area contributed by atoms with Crippen molar-refractivity contribution in [3.8, 4) is 0 Å². The fraction of sp³-hybridized carbons (Fsp3) is 0.444. The summed E-state index contributed by atoms with van der Waals surface area (Å²) in [5.41, 5.74) is -0.448. The minimum atomic E-state index is -4.54. The molecule has 0 unspecified atom stereocenters. The SMILES string of the molecule is Cn1nc(C(F)(F)F)cc1[C@H]1CCCCCN1C(=O)c1cccc(F)c1. The van der Waals surface area contributed by atoms with E-state index in [1.807, 2.05) is 0 Å². The van der Waals surface area contributed by atoms with Crippen molar-refractivity contribution >= 4 is 5.91 Å². The Bertz CT molecular complexity index is 800. The van der Waals surface area contributed by atoms with Crippen LogP contribution in [0, 0.1) is 5.82 Å². The number of alkyl halides is 3. The van der Waals surface area contributed by atoms with Gasteiger partial charge in [0.05, 0.1) is 11.7 Å². The highest BCUT2D eigenvalue weighted by Crippen LogP contribution is 2.35. The topological polar surface area (TPSA) is 38.1 Å². The van der Waals surface area contributed by atoms with Crippen molar-refractivity contribution in [2.24, 2.45) is 7.05 Å². The fourth-order valence-electron chi connectivity index (χ4n) is 3.38. The summed E-state index contributed by atoms with van der Waals surface area (Å²) in [4.78, 5) is 14.5. The summed E-state index contributed by atoms with van der Waals surface area (Å²) in [5, 5.41) is 3.56. The Hall–Kier alpha value is -2.38. The fourth-order valence-corrected chi connectivity index (χ4v) is 3.38. The number of carbonyl (C=O) groups excluding carboxylic acids is 1. The maximum absolute atomic E-state index is 13.5. The van der Waals surface area contributed by atoms with Crippen molar-refractivity contribution in [2.45, 2.75) is 37.9 Å². The van der Waals surface area contributed by atoms with Gasteiger partial charge in [0.25, 0.3) is 5.91 Å². The Kier molecular flexibility index (Phi) is 5.02. The van der Waals surface area contributed by atoms with Crippen molar-refractivity contribution in [3.05, 3.63) is 53.1 Å². The van der Waals surface area contributed by atoms with Crippen LogP contribution in [0.1, 0.15) is 53.5 Å². The molecule has 0 spiro atoms. The van der Waals surface area contributed by atoms with E-state index < -0.39 is 23.7 Å². The second kappa shape index (κ2) is 7.09. The molecule has 2 aromatic rings. The predicted molar refractivity (Wildman–Crippen MR) is 86.9 cm³/mol. The Balaban J connectivity index is 1.97. The van der Waals surface area contributed by atoms with Crippen LogP contribution >= 0.6 is 0 Å². The number of amides is 1. The number of likely N-dealkylation sites (tertiary alicyclic amines) is 1. The van der Waals surface area contributed by atoms with Gasteiger partial charge in [0, 0.05) is 19.2 Å². The highest BCUT2D eigenvalue weighted by molar-refractivity contribution is 5.94. The number of hydrogen-bond acceptors (Lipinski definition) is 2. The van der Waals surface area contributed by atoms with E-state index in [0.717, 1.165) is 31.4 Å². The van der Waals surface area contributed by atoms with Crippen molar-refractivity contribution in [2.75, 3.05) is 6.54 Å². The lowest BCUT2D eigenvalue weighted by molar-refractivity contribution is -0.141. The zero-order chi connectivity index (χ0) is 18.9. The third-order valence-corrected chi connectivity index (χ3v) is 4.63. The summed E-state index contributed by atoms with van der Waals surface area (Å²) < 4.78 is 53.7. The Morgan fingerprint density at radius 3 is 2.62 bits per heavy atom. The number of benzene rings is 1. The molecular formula is C18H19F4N3O. The van der Waals surface area contributed by atoms with E-state index in [4.69, 9.17) is 0 Å². The van der Waals surface area contributed by atoms with Gasteiger partial charge in [0.15, 0.2) is 5.69 Å². The molecule has 8 heteroatoms. The van der Waals surface area contributed by atoms with Gasteiger partial charge in [-0.15, -0.1) is 0 Å². The van der Waals surface area contributed by atoms with E-state index in [1.165, 1.54) is 29.9 Å². The third kappa shape index (κ3) is 3.73. The van der Waals surface area contributed by atoms with Gasteiger partial charge < -0.3 is 4.90 Å². The van der Waals surface area contributed by atoms with Gasteiger partial charge in [-0.25, -0.2) is 4.39 Å². The van der Waals surface area contributed by atoms with Crippen LogP contribution in [0.15, 0.2) is 30.3 Å². The summed E-state index contributed by atoms with van der Waals surface area (Å²) >= 11 is 0. The molecule has 0 saturated carbocycles. The second-order valence-electron chi connectivity index (χ2n) is 6.45. The van der Waals surface area contributed by atoms with Gasteiger partial charge in [0.1, 0.15) is 5.82 Å². The smallest absolute Gasteiger partial charge is 0.330 e. The molecule has 0 radical (unpaired) electrons. The molecule has 1 fully saturated rings. The average molecular weight is 369 g/mol. The molecule has 3 rings (SSSR count). The monoisotopic (exact) mass is 369 g/mol. The molecule has 4 nitrogen and oxygen atoms in total. The summed E-state index contributed by atoms with van der Waals surface area (Å²) in [6.07, 6.45) is -1.57. The predicted octanol–water partition coefficient (Wildman–Crippen LogP) is 4.34. The highest BCUT2D eigenvalue weighted by Gasteiger charge is 2.37. The first-order valence-corrected chi connectivity index (χ1v) is 8.45. The van der Waals surface area contributed by atoms with Crippen LogP contribution in [0.2, 0.25) is 0 Å². The molecule has 140 valence electrons. The molecule has 26 heavy (non-hydrogen) atoms. The van der Waals surface area contributed by atoms with E-state index in [2.05, 4.69) is 5.10 Å². The first-order chi connectivity index (χ1) is 12.3. The molecule has 1 aromatic heterocycles. The van der Waals surface area contributed by atoms with Gasteiger partial charge in [-0.05, 0) is 37.1 Å². The molecule has 1 aliphatic heterocycles. The van der Waals surface area contributed by atoms with Crippen molar-refractivity contribution in [3.63, 3.8) is 0 Å². The zero-order valence-corrected chi connectivity index (χ0v) is 14.3. The normalized spacial score (nSPS) is 18.7. The van der Waals surface area contributed by atoms with Crippen LogP contribution in [0.3, 0.4) is 0 Å². The van der Waals surface area contributed by atoms with Gasteiger partial charge in [-0.2, -0.15) is 18.3 Å². The lowest BCUT2D eigenvalue weighted by atomic mass is 10.0. The maximum Gasteiger partial charge on any atom is 0.435 e. The average Bonchev–Trinajstić information content (AvgIpc) is 2.82. The molecule has 2 heterocycles. The lowest BCUT2D eigenvalue weighted by Crippen LogP contribution is -2.35. The molecule has 1 aliphatic rings. The van der Waals surface area contributed by atoms with Crippen molar-refractivity contribution in [1.82, 2.24) is 14.7 Å². The Labute approximate surface area is 148 Å². The molecule has 1 atom stereocenters. The number of aromatic nitrogens is 2. The standard InChI is InChI=1S/C18H19F4N3O/c1-24-15(11-16(23-24)18(20,21)22)14-8-3-2-4-9-25(14)17(26)12-6-5-7-13(19)10-12/h5-7,10-11,14H,2-4,8-9H2,1H3/t14-/m1/s1. The zero-order valence-electron chi connectivity index (χ0n) is 14.3. The Morgan fingerprint density at radius 2 is 1.96 bits per heavy atom. The molecular weight excluding hydrogens is 350 g/mol. The van der Waals surface area contributed by atoms with E-state index in [9.17, 15) is 22.4 Å². The van der Waals surface area contributed by atoms with E-state index >= 15 is 0 Å².